The van der Waals surface area contributed by atoms with Crippen molar-refractivity contribution in [1.29, 1.82) is 0 Å². The molecule has 0 saturated carbocycles. The third-order valence-electron chi connectivity index (χ3n) is 3.57. The lowest BCUT2D eigenvalue weighted by Crippen LogP contribution is -2.14. The van der Waals surface area contributed by atoms with Crippen LogP contribution < -0.4 is 10.5 Å². The summed E-state index contributed by atoms with van der Waals surface area (Å²) in [5.74, 6) is 1.02. The molecule has 4 heteroatoms. The van der Waals surface area contributed by atoms with Crippen LogP contribution in [0, 0.1) is 0 Å². The molecule has 0 saturated heterocycles. The lowest BCUT2D eigenvalue weighted by atomic mass is 9.97. The summed E-state index contributed by atoms with van der Waals surface area (Å²) < 4.78 is 7.91. The molecule has 0 bridgehead atoms. The van der Waals surface area contributed by atoms with E-state index in [1.807, 2.05) is 18.2 Å². The van der Waals surface area contributed by atoms with Gasteiger partial charge in [0, 0.05) is 21.4 Å². The van der Waals surface area contributed by atoms with E-state index in [0.717, 1.165) is 39.7 Å². The van der Waals surface area contributed by atoms with Crippen LogP contribution in [0.2, 0.25) is 0 Å². The molecule has 1 aliphatic rings. The SMILES string of the molecule is NC(Cc1cc(Br)cc2c1OCC2)c1ccccc1Br. The summed E-state index contributed by atoms with van der Waals surface area (Å²) in [5.41, 5.74) is 9.94. The minimum absolute atomic E-state index is 0.0480. The summed E-state index contributed by atoms with van der Waals surface area (Å²) in [7, 11) is 0. The predicted molar refractivity (Wildman–Crippen MR) is 88.1 cm³/mol. The largest absolute Gasteiger partial charge is 0.493 e. The Labute approximate surface area is 135 Å². The number of halogens is 2. The molecule has 2 N–H and O–H groups in total. The average molecular weight is 397 g/mol. The molecule has 1 unspecified atom stereocenters. The van der Waals surface area contributed by atoms with Gasteiger partial charge in [-0.1, -0.05) is 50.1 Å². The number of benzene rings is 2. The molecule has 0 amide bonds. The van der Waals surface area contributed by atoms with E-state index in [2.05, 4.69) is 50.1 Å². The number of fused-ring (bicyclic) bond motifs is 1. The Morgan fingerprint density at radius 2 is 2.00 bits per heavy atom. The normalized spacial score (nSPS) is 14.8. The molecule has 20 heavy (non-hydrogen) atoms. The quantitative estimate of drug-likeness (QED) is 0.834. The van der Waals surface area contributed by atoms with Gasteiger partial charge in [0.25, 0.3) is 0 Å². The van der Waals surface area contributed by atoms with Gasteiger partial charge in [0.2, 0.25) is 0 Å². The Morgan fingerprint density at radius 1 is 1.20 bits per heavy atom. The van der Waals surface area contributed by atoms with Crippen molar-refractivity contribution < 1.29 is 4.74 Å². The lowest BCUT2D eigenvalue weighted by molar-refractivity contribution is 0.352. The van der Waals surface area contributed by atoms with Crippen LogP contribution in [0.1, 0.15) is 22.7 Å². The van der Waals surface area contributed by atoms with Crippen LogP contribution in [0.4, 0.5) is 0 Å². The Hall–Kier alpha value is -0.840. The maximum atomic E-state index is 6.37. The van der Waals surface area contributed by atoms with Crippen molar-refractivity contribution in [2.24, 2.45) is 5.73 Å². The van der Waals surface area contributed by atoms with Crippen molar-refractivity contribution >= 4 is 31.9 Å². The van der Waals surface area contributed by atoms with Crippen LogP contribution >= 0.6 is 31.9 Å². The minimum Gasteiger partial charge on any atom is -0.493 e. The highest BCUT2D eigenvalue weighted by Crippen LogP contribution is 2.35. The molecule has 2 aromatic rings. The van der Waals surface area contributed by atoms with Crippen molar-refractivity contribution in [3.63, 3.8) is 0 Å². The van der Waals surface area contributed by atoms with Crippen LogP contribution in [0.15, 0.2) is 45.3 Å². The van der Waals surface area contributed by atoms with Crippen LogP contribution in [0.3, 0.4) is 0 Å². The van der Waals surface area contributed by atoms with Crippen molar-refractivity contribution in [2.75, 3.05) is 6.61 Å². The van der Waals surface area contributed by atoms with E-state index in [1.54, 1.807) is 0 Å². The molecule has 0 aliphatic carbocycles. The number of nitrogens with two attached hydrogens (primary N) is 1. The Balaban J connectivity index is 1.90. The molecule has 0 spiro atoms. The molecule has 0 fully saturated rings. The lowest BCUT2D eigenvalue weighted by Gasteiger charge is -2.16. The predicted octanol–water partition coefficient (Wildman–Crippen LogP) is 4.39. The number of ether oxygens (including phenoxy) is 1. The van der Waals surface area contributed by atoms with Gasteiger partial charge < -0.3 is 10.5 Å². The summed E-state index contributed by atoms with van der Waals surface area (Å²) in [6, 6.07) is 12.3. The zero-order valence-electron chi connectivity index (χ0n) is 10.9. The molecule has 2 nitrogen and oxygen atoms in total. The molecule has 0 radical (unpaired) electrons. The third kappa shape index (κ3) is 2.78. The summed E-state index contributed by atoms with van der Waals surface area (Å²) in [5, 5.41) is 0. The molecule has 3 rings (SSSR count). The van der Waals surface area contributed by atoms with Gasteiger partial charge in [-0.2, -0.15) is 0 Å². The van der Waals surface area contributed by atoms with Gasteiger partial charge in [-0.05, 0) is 41.3 Å². The minimum atomic E-state index is -0.0480. The van der Waals surface area contributed by atoms with E-state index in [1.165, 1.54) is 11.1 Å². The second-order valence-electron chi connectivity index (χ2n) is 4.98. The molecular formula is C16H15Br2NO. The first-order valence-electron chi connectivity index (χ1n) is 6.59. The smallest absolute Gasteiger partial charge is 0.125 e. The highest BCUT2D eigenvalue weighted by molar-refractivity contribution is 9.10. The van der Waals surface area contributed by atoms with Crippen LogP contribution in [0.5, 0.6) is 5.75 Å². The molecule has 1 atom stereocenters. The van der Waals surface area contributed by atoms with Crippen LogP contribution in [0.25, 0.3) is 0 Å². The first-order valence-corrected chi connectivity index (χ1v) is 8.18. The summed E-state index contributed by atoms with van der Waals surface area (Å²) in [6.45, 7) is 0.767. The summed E-state index contributed by atoms with van der Waals surface area (Å²) in [4.78, 5) is 0. The Morgan fingerprint density at radius 3 is 2.80 bits per heavy atom. The van der Waals surface area contributed by atoms with Crippen LogP contribution in [-0.4, -0.2) is 6.61 Å². The van der Waals surface area contributed by atoms with E-state index in [0.29, 0.717) is 0 Å². The molecular weight excluding hydrogens is 382 g/mol. The maximum absolute atomic E-state index is 6.37. The number of rotatable bonds is 3. The van der Waals surface area contributed by atoms with Gasteiger partial charge in [-0.3, -0.25) is 0 Å². The Kier molecular flexibility index (Phi) is 4.15. The van der Waals surface area contributed by atoms with E-state index < -0.39 is 0 Å². The second kappa shape index (κ2) is 5.88. The fourth-order valence-corrected chi connectivity index (χ4v) is 3.75. The van der Waals surface area contributed by atoms with E-state index >= 15 is 0 Å². The van der Waals surface area contributed by atoms with Crippen molar-refractivity contribution in [3.05, 3.63) is 62.0 Å². The topological polar surface area (TPSA) is 35.2 Å². The van der Waals surface area contributed by atoms with Gasteiger partial charge >= 0.3 is 0 Å². The van der Waals surface area contributed by atoms with Crippen molar-refractivity contribution in [3.8, 4) is 5.75 Å². The van der Waals surface area contributed by atoms with Crippen LogP contribution in [-0.2, 0) is 12.8 Å². The highest BCUT2D eigenvalue weighted by Gasteiger charge is 2.20. The van der Waals surface area contributed by atoms with Gasteiger partial charge in [0.05, 0.1) is 6.61 Å². The standard InChI is InChI=1S/C16H15Br2NO/c17-12-7-10-5-6-20-16(10)11(8-12)9-15(19)13-3-1-2-4-14(13)18/h1-4,7-8,15H,5-6,9,19H2. The van der Waals surface area contributed by atoms with Gasteiger partial charge in [0.15, 0.2) is 0 Å². The zero-order valence-corrected chi connectivity index (χ0v) is 14.1. The fraction of sp³-hybridized carbons (Fsp3) is 0.250. The van der Waals surface area contributed by atoms with E-state index in [-0.39, 0.29) is 6.04 Å². The van der Waals surface area contributed by atoms with Gasteiger partial charge in [-0.15, -0.1) is 0 Å². The van der Waals surface area contributed by atoms with E-state index in [9.17, 15) is 0 Å². The van der Waals surface area contributed by atoms with Crippen molar-refractivity contribution in [2.45, 2.75) is 18.9 Å². The van der Waals surface area contributed by atoms with Gasteiger partial charge in [-0.25, -0.2) is 0 Å². The number of hydrogen-bond acceptors (Lipinski definition) is 2. The molecule has 1 aliphatic heterocycles. The molecule has 104 valence electrons. The maximum Gasteiger partial charge on any atom is 0.125 e. The Bertz CT molecular complexity index is 642. The van der Waals surface area contributed by atoms with Crippen molar-refractivity contribution in [1.82, 2.24) is 0 Å². The first-order chi connectivity index (χ1) is 9.65. The van der Waals surface area contributed by atoms with E-state index in [4.69, 9.17) is 10.5 Å². The highest BCUT2D eigenvalue weighted by atomic mass is 79.9. The first kappa shape index (κ1) is 14.1. The zero-order chi connectivity index (χ0) is 14.1. The second-order valence-corrected chi connectivity index (χ2v) is 6.75. The molecule has 2 aromatic carbocycles. The summed E-state index contributed by atoms with van der Waals surface area (Å²) >= 11 is 7.14. The average Bonchev–Trinajstić information content (AvgIpc) is 2.87. The van der Waals surface area contributed by atoms with Gasteiger partial charge in [0.1, 0.15) is 5.75 Å². The monoisotopic (exact) mass is 395 g/mol. The fourth-order valence-electron chi connectivity index (χ4n) is 2.62. The summed E-state index contributed by atoms with van der Waals surface area (Å²) in [6.07, 6.45) is 1.75. The third-order valence-corrected chi connectivity index (χ3v) is 4.75. The molecule has 1 heterocycles. The number of hydrogen-bond donors (Lipinski definition) is 1. The molecule has 0 aromatic heterocycles.